The van der Waals surface area contributed by atoms with Gasteiger partial charge < -0.3 is 9.47 Å². The highest BCUT2D eigenvalue weighted by Gasteiger charge is 2.12. The molecule has 0 bridgehead atoms. The molecule has 0 unspecified atom stereocenters. The zero-order valence-corrected chi connectivity index (χ0v) is 21.7. The topological polar surface area (TPSA) is 35.5 Å². The summed E-state index contributed by atoms with van der Waals surface area (Å²) in [6.45, 7) is 5.11. The van der Waals surface area contributed by atoms with Crippen LogP contribution in [-0.4, -0.2) is 12.6 Å². The zero-order chi connectivity index (χ0) is 25.6. The number of unbranched alkanes of at least 4 members (excludes halogenated alkanes) is 7. The molecular formula is C32H39FO3. The summed E-state index contributed by atoms with van der Waals surface area (Å²) >= 11 is 0. The summed E-state index contributed by atoms with van der Waals surface area (Å²) < 4.78 is 25.8. The zero-order valence-electron chi connectivity index (χ0n) is 21.7. The summed E-state index contributed by atoms with van der Waals surface area (Å²) in [4.78, 5) is 12.6. The summed E-state index contributed by atoms with van der Waals surface area (Å²) in [6, 6.07) is 20.0. The Bertz CT molecular complexity index is 1060. The molecule has 0 N–H and O–H groups in total. The second-order valence-corrected chi connectivity index (χ2v) is 9.32. The summed E-state index contributed by atoms with van der Waals surface area (Å²) in [5.41, 5.74) is 2.94. The third-order valence-corrected chi connectivity index (χ3v) is 6.36. The molecule has 0 aliphatic carbocycles. The van der Waals surface area contributed by atoms with E-state index in [-0.39, 0.29) is 11.4 Å². The lowest BCUT2D eigenvalue weighted by Crippen LogP contribution is -2.09. The second-order valence-electron chi connectivity index (χ2n) is 9.32. The van der Waals surface area contributed by atoms with Gasteiger partial charge in [0.15, 0.2) is 0 Å². The Balaban J connectivity index is 1.50. The Labute approximate surface area is 215 Å². The first-order valence-electron chi connectivity index (χ1n) is 13.4. The smallest absolute Gasteiger partial charge is 0.343 e. The van der Waals surface area contributed by atoms with Crippen LogP contribution in [0.25, 0.3) is 11.1 Å². The number of ether oxygens (including phenoxy) is 2. The van der Waals surface area contributed by atoms with E-state index >= 15 is 0 Å². The summed E-state index contributed by atoms with van der Waals surface area (Å²) in [5.74, 6) is 0.394. The lowest BCUT2D eigenvalue weighted by molar-refractivity contribution is 0.0734. The molecule has 0 saturated heterocycles. The van der Waals surface area contributed by atoms with Crippen molar-refractivity contribution < 1.29 is 18.7 Å². The highest BCUT2D eigenvalue weighted by molar-refractivity contribution is 5.91. The highest BCUT2D eigenvalue weighted by Crippen LogP contribution is 2.25. The summed E-state index contributed by atoms with van der Waals surface area (Å²) in [5, 5.41) is 0. The van der Waals surface area contributed by atoms with E-state index in [1.54, 1.807) is 24.3 Å². The maximum Gasteiger partial charge on any atom is 0.343 e. The van der Waals surface area contributed by atoms with Crippen LogP contribution in [0.4, 0.5) is 4.39 Å². The summed E-state index contributed by atoms with van der Waals surface area (Å²) in [6.07, 6.45) is 11.1. The summed E-state index contributed by atoms with van der Waals surface area (Å²) in [7, 11) is 0. The molecule has 192 valence electrons. The number of aryl methyl sites for hydroxylation is 1. The minimum absolute atomic E-state index is 0.220. The van der Waals surface area contributed by atoms with Crippen molar-refractivity contribution in [3.05, 3.63) is 83.7 Å². The number of hydrogen-bond acceptors (Lipinski definition) is 3. The Kier molecular flexibility index (Phi) is 11.5. The van der Waals surface area contributed by atoms with E-state index in [9.17, 15) is 9.18 Å². The molecule has 0 saturated carbocycles. The number of rotatable bonds is 15. The fraction of sp³-hybridized carbons (Fsp3) is 0.406. The normalized spacial score (nSPS) is 10.9. The van der Waals surface area contributed by atoms with Gasteiger partial charge >= 0.3 is 5.97 Å². The molecule has 0 heterocycles. The average Bonchev–Trinajstić information content (AvgIpc) is 2.90. The number of hydrogen-bond donors (Lipinski definition) is 0. The Morgan fingerprint density at radius 3 is 1.92 bits per heavy atom. The van der Waals surface area contributed by atoms with Crippen LogP contribution in [-0.2, 0) is 6.42 Å². The molecule has 0 aliphatic rings. The fourth-order valence-corrected chi connectivity index (χ4v) is 4.14. The largest absolute Gasteiger partial charge is 0.494 e. The van der Waals surface area contributed by atoms with Crippen LogP contribution < -0.4 is 9.47 Å². The third kappa shape index (κ3) is 8.82. The molecule has 3 rings (SSSR count). The third-order valence-electron chi connectivity index (χ3n) is 6.36. The van der Waals surface area contributed by atoms with Gasteiger partial charge in [0.25, 0.3) is 0 Å². The Hall–Kier alpha value is -3.14. The van der Waals surface area contributed by atoms with Crippen LogP contribution in [0.1, 0.15) is 87.6 Å². The maximum absolute atomic E-state index is 14.5. The van der Waals surface area contributed by atoms with Crippen LogP contribution in [0, 0.1) is 5.82 Å². The van der Waals surface area contributed by atoms with Crippen LogP contribution in [0.5, 0.6) is 11.5 Å². The average molecular weight is 491 g/mol. The van der Waals surface area contributed by atoms with Crippen molar-refractivity contribution in [2.75, 3.05) is 6.61 Å². The minimum atomic E-state index is -0.558. The van der Waals surface area contributed by atoms with Crippen molar-refractivity contribution in [3.63, 3.8) is 0 Å². The van der Waals surface area contributed by atoms with Crippen LogP contribution in [0.3, 0.4) is 0 Å². The van der Waals surface area contributed by atoms with Gasteiger partial charge in [-0.3, -0.25) is 0 Å². The molecule has 0 radical (unpaired) electrons. The fourth-order valence-electron chi connectivity index (χ4n) is 4.14. The van der Waals surface area contributed by atoms with E-state index in [4.69, 9.17) is 9.47 Å². The lowest BCUT2D eigenvalue weighted by atomic mass is 10.0. The van der Waals surface area contributed by atoms with E-state index in [1.807, 2.05) is 36.4 Å². The number of carbonyl (C=O) groups is 1. The van der Waals surface area contributed by atoms with Gasteiger partial charge in [-0.05, 0) is 72.4 Å². The lowest BCUT2D eigenvalue weighted by Gasteiger charge is -2.09. The first kappa shape index (κ1) is 27.4. The van der Waals surface area contributed by atoms with Crippen molar-refractivity contribution in [2.45, 2.75) is 78.1 Å². The highest BCUT2D eigenvalue weighted by atomic mass is 19.1. The van der Waals surface area contributed by atoms with Crippen LogP contribution in [0.15, 0.2) is 66.7 Å². The van der Waals surface area contributed by atoms with Crippen LogP contribution in [0.2, 0.25) is 0 Å². The predicted octanol–water partition coefficient (Wildman–Crippen LogP) is 9.18. The van der Waals surface area contributed by atoms with E-state index in [0.29, 0.717) is 17.7 Å². The van der Waals surface area contributed by atoms with Crippen LogP contribution >= 0.6 is 0 Å². The molecule has 3 nitrogen and oxygen atoms in total. The number of halogens is 1. The quantitative estimate of drug-likeness (QED) is 0.121. The van der Waals surface area contributed by atoms with Gasteiger partial charge in [-0.15, -0.1) is 0 Å². The first-order valence-corrected chi connectivity index (χ1v) is 13.4. The SMILES string of the molecule is CCCCCCCCc1ccc(C(=O)Oc2ccc(-c3ccc(OCCCCC)cc3)cc2)cc1F. The predicted molar refractivity (Wildman–Crippen MR) is 145 cm³/mol. The maximum atomic E-state index is 14.5. The van der Waals surface area contributed by atoms with Crippen molar-refractivity contribution in [3.8, 4) is 22.6 Å². The first-order chi connectivity index (χ1) is 17.6. The minimum Gasteiger partial charge on any atom is -0.494 e. The molecule has 0 spiro atoms. The molecule has 36 heavy (non-hydrogen) atoms. The van der Waals surface area contributed by atoms with E-state index in [2.05, 4.69) is 13.8 Å². The Morgan fingerprint density at radius 2 is 1.28 bits per heavy atom. The van der Waals surface area contributed by atoms with Gasteiger partial charge in [0.1, 0.15) is 17.3 Å². The Morgan fingerprint density at radius 1 is 0.694 bits per heavy atom. The molecule has 3 aromatic carbocycles. The van der Waals surface area contributed by atoms with E-state index in [1.165, 1.54) is 44.6 Å². The van der Waals surface area contributed by atoms with Crippen molar-refractivity contribution >= 4 is 5.97 Å². The standard InChI is InChI=1S/C32H39FO3/c1-3-5-7-8-9-10-12-27-13-14-28(24-31(27)33)32(34)36-30-21-17-26(18-22-30)25-15-19-29(20-16-25)35-23-11-6-4-2/h13-22,24H,3-12,23H2,1-2H3. The van der Waals surface area contributed by atoms with Gasteiger partial charge in [-0.25, -0.2) is 9.18 Å². The van der Waals surface area contributed by atoms with Gasteiger partial charge in [-0.2, -0.15) is 0 Å². The molecule has 4 heteroatoms. The molecular weight excluding hydrogens is 451 g/mol. The molecule has 0 amide bonds. The van der Waals surface area contributed by atoms with Gasteiger partial charge in [-0.1, -0.05) is 89.1 Å². The van der Waals surface area contributed by atoms with E-state index in [0.717, 1.165) is 42.7 Å². The van der Waals surface area contributed by atoms with Crippen molar-refractivity contribution in [1.29, 1.82) is 0 Å². The van der Waals surface area contributed by atoms with Crippen molar-refractivity contribution in [1.82, 2.24) is 0 Å². The molecule has 0 fully saturated rings. The molecule has 0 aromatic heterocycles. The number of benzene rings is 3. The van der Waals surface area contributed by atoms with Crippen molar-refractivity contribution in [2.24, 2.45) is 0 Å². The number of carbonyl (C=O) groups excluding carboxylic acids is 1. The molecule has 3 aromatic rings. The monoisotopic (exact) mass is 490 g/mol. The molecule has 0 atom stereocenters. The number of esters is 1. The molecule has 0 aliphatic heterocycles. The van der Waals surface area contributed by atoms with E-state index < -0.39 is 5.97 Å². The van der Waals surface area contributed by atoms with Gasteiger partial charge in [0, 0.05) is 0 Å². The van der Waals surface area contributed by atoms with Gasteiger partial charge in [0.2, 0.25) is 0 Å². The van der Waals surface area contributed by atoms with Gasteiger partial charge in [0.05, 0.1) is 12.2 Å². The second kappa shape index (κ2) is 15.1.